The van der Waals surface area contributed by atoms with E-state index in [2.05, 4.69) is 0 Å². The van der Waals surface area contributed by atoms with Crippen LogP contribution in [-0.4, -0.2) is 21.3 Å². The number of rotatable bonds is 4. The van der Waals surface area contributed by atoms with Crippen molar-refractivity contribution in [3.63, 3.8) is 0 Å². The lowest BCUT2D eigenvalue weighted by molar-refractivity contribution is -0.124. The zero-order chi connectivity index (χ0) is 13.7. The molecule has 0 aliphatic heterocycles. The molecule has 1 rings (SSSR count). The minimum atomic E-state index is -1.03. The number of aliphatic hydroxyl groups excluding tert-OH is 1. The van der Waals surface area contributed by atoms with Gasteiger partial charge in [-0.2, -0.15) is 0 Å². The minimum absolute atomic E-state index is 0.284. The van der Waals surface area contributed by atoms with Crippen LogP contribution < -0.4 is 5.48 Å². The maximum Gasteiger partial charge on any atom is 0.267 e. The smallest absolute Gasteiger partial charge is 0.267 e. The van der Waals surface area contributed by atoms with E-state index in [-0.39, 0.29) is 5.56 Å². The second kappa shape index (κ2) is 6.13. The molecule has 0 aromatic heterocycles. The van der Waals surface area contributed by atoms with Gasteiger partial charge in [0.05, 0.1) is 6.10 Å². The van der Waals surface area contributed by atoms with E-state index in [1.807, 2.05) is 0 Å². The molecule has 0 saturated heterocycles. The van der Waals surface area contributed by atoms with Gasteiger partial charge in [-0.15, -0.1) is 0 Å². The van der Waals surface area contributed by atoms with E-state index in [0.717, 1.165) is 18.2 Å². The second-order valence-electron chi connectivity index (χ2n) is 3.85. The largest absolute Gasteiger partial charge is 0.505 e. The number of benzene rings is 1. The molecule has 1 aromatic carbocycles. The first kappa shape index (κ1) is 14.1. The van der Waals surface area contributed by atoms with Crippen molar-refractivity contribution in [1.82, 2.24) is 5.48 Å². The summed E-state index contributed by atoms with van der Waals surface area (Å²) >= 11 is 0. The monoisotopic (exact) mass is 255 g/mol. The molecule has 98 valence electrons. The molecule has 0 saturated carbocycles. The quantitative estimate of drug-likeness (QED) is 0.370. The van der Waals surface area contributed by atoms with Crippen molar-refractivity contribution in [1.29, 1.82) is 0 Å². The maximum atomic E-state index is 13.1. The third-order valence-electron chi connectivity index (χ3n) is 2.47. The summed E-state index contributed by atoms with van der Waals surface area (Å²) in [5.74, 6) is -2.50. The van der Waals surface area contributed by atoms with Gasteiger partial charge in [0.1, 0.15) is 0 Å². The van der Waals surface area contributed by atoms with Gasteiger partial charge >= 0.3 is 0 Å². The summed E-state index contributed by atoms with van der Waals surface area (Å²) in [5, 5.41) is 27.2. The van der Waals surface area contributed by atoms with Gasteiger partial charge in [0.25, 0.3) is 5.91 Å². The molecule has 4 N–H and O–H groups in total. The highest BCUT2D eigenvalue weighted by molar-refractivity contribution is 5.86. The predicted molar refractivity (Wildman–Crippen MR) is 61.3 cm³/mol. The number of phenolic OH excluding ortho intramolecular Hbond substituents is 1. The van der Waals surface area contributed by atoms with Crippen molar-refractivity contribution in [2.75, 3.05) is 0 Å². The Morgan fingerprint density at radius 3 is 2.72 bits per heavy atom. The van der Waals surface area contributed by atoms with Gasteiger partial charge < -0.3 is 10.2 Å². The van der Waals surface area contributed by atoms with E-state index in [4.69, 9.17) is 10.3 Å². The summed E-state index contributed by atoms with van der Waals surface area (Å²) in [4.78, 5) is 10.8. The van der Waals surface area contributed by atoms with Gasteiger partial charge in [-0.1, -0.05) is 19.1 Å². The highest BCUT2D eigenvalue weighted by Gasteiger charge is 2.15. The van der Waals surface area contributed by atoms with Crippen molar-refractivity contribution < 1.29 is 24.6 Å². The zero-order valence-corrected chi connectivity index (χ0v) is 9.67. The Kier molecular flexibility index (Phi) is 4.82. The lowest BCUT2D eigenvalue weighted by Gasteiger charge is -2.16. The number of carbonyl (C=O) groups excluding carboxylic acids is 1. The molecule has 0 heterocycles. The van der Waals surface area contributed by atoms with Crippen molar-refractivity contribution in [2.45, 2.75) is 13.0 Å². The molecule has 1 amide bonds. The maximum absolute atomic E-state index is 13.1. The molecule has 18 heavy (non-hydrogen) atoms. The van der Waals surface area contributed by atoms with Crippen LogP contribution in [0.25, 0.3) is 0 Å². The van der Waals surface area contributed by atoms with Gasteiger partial charge in [-0.05, 0) is 17.7 Å². The average Bonchev–Trinajstić information content (AvgIpc) is 2.37. The third-order valence-corrected chi connectivity index (χ3v) is 2.47. The number of aliphatic hydroxyl groups is 1. The topological polar surface area (TPSA) is 89.8 Å². The van der Waals surface area contributed by atoms with Crippen LogP contribution in [0.2, 0.25) is 0 Å². The number of aromatic hydroxyl groups is 1. The highest BCUT2D eigenvalue weighted by Crippen LogP contribution is 2.26. The fourth-order valence-electron chi connectivity index (χ4n) is 1.39. The summed E-state index contributed by atoms with van der Waals surface area (Å²) < 4.78 is 13.1. The van der Waals surface area contributed by atoms with Gasteiger partial charge in [0, 0.05) is 12.0 Å². The van der Waals surface area contributed by atoms with E-state index in [9.17, 15) is 14.3 Å². The molecule has 0 bridgehead atoms. The second-order valence-corrected chi connectivity index (χ2v) is 3.85. The van der Waals surface area contributed by atoms with Gasteiger partial charge in [0.2, 0.25) is 0 Å². The SMILES string of the molecule is C[C@H](/C=C/C(=O)NO)[C@@H](O)c1ccc(O)c(F)c1. The van der Waals surface area contributed by atoms with Crippen molar-refractivity contribution in [2.24, 2.45) is 5.92 Å². The van der Waals surface area contributed by atoms with Crippen LogP contribution in [0.1, 0.15) is 18.6 Å². The van der Waals surface area contributed by atoms with Crippen LogP contribution in [0.5, 0.6) is 5.75 Å². The summed E-state index contributed by atoms with van der Waals surface area (Å²) in [7, 11) is 0. The summed E-state index contributed by atoms with van der Waals surface area (Å²) in [5.41, 5.74) is 1.70. The van der Waals surface area contributed by atoms with E-state index >= 15 is 0 Å². The molecule has 0 unspecified atom stereocenters. The number of carbonyl (C=O) groups is 1. The molecule has 0 aliphatic carbocycles. The minimum Gasteiger partial charge on any atom is -0.505 e. The lowest BCUT2D eigenvalue weighted by atomic mass is 9.97. The molecular formula is C12H14FNO4. The summed E-state index contributed by atoms with van der Waals surface area (Å²) in [6.45, 7) is 1.62. The molecule has 1 aromatic rings. The zero-order valence-electron chi connectivity index (χ0n) is 9.67. The normalized spacial score (nSPS) is 14.4. The first-order valence-corrected chi connectivity index (χ1v) is 5.24. The molecule has 0 spiro atoms. The molecule has 6 heteroatoms. The van der Waals surface area contributed by atoms with Crippen LogP contribution in [-0.2, 0) is 4.79 Å². The number of hydrogen-bond donors (Lipinski definition) is 4. The molecule has 0 fully saturated rings. The number of hydrogen-bond acceptors (Lipinski definition) is 4. The Morgan fingerprint density at radius 2 is 2.17 bits per heavy atom. The summed E-state index contributed by atoms with van der Waals surface area (Å²) in [6, 6.07) is 3.56. The molecule has 0 radical (unpaired) electrons. The van der Waals surface area contributed by atoms with E-state index in [1.54, 1.807) is 6.92 Å². The van der Waals surface area contributed by atoms with Crippen LogP contribution in [0.15, 0.2) is 30.4 Å². The van der Waals surface area contributed by atoms with E-state index in [0.29, 0.717) is 0 Å². The van der Waals surface area contributed by atoms with Gasteiger partial charge in [-0.25, -0.2) is 9.87 Å². The fraction of sp³-hybridized carbons (Fsp3) is 0.250. The molecule has 5 nitrogen and oxygen atoms in total. The van der Waals surface area contributed by atoms with E-state index in [1.165, 1.54) is 17.6 Å². The number of amides is 1. The molecule has 0 aliphatic rings. The van der Waals surface area contributed by atoms with Gasteiger partial charge in [0.15, 0.2) is 11.6 Å². The summed E-state index contributed by atoms with van der Waals surface area (Å²) in [6.07, 6.45) is 1.41. The Morgan fingerprint density at radius 1 is 1.50 bits per heavy atom. The van der Waals surface area contributed by atoms with Crippen LogP contribution >= 0.6 is 0 Å². The number of halogens is 1. The van der Waals surface area contributed by atoms with Gasteiger partial charge in [-0.3, -0.25) is 10.0 Å². The van der Waals surface area contributed by atoms with Crippen LogP contribution in [0.3, 0.4) is 0 Å². The Hall–Kier alpha value is -1.92. The number of phenols is 1. The number of hydroxylamine groups is 1. The highest BCUT2D eigenvalue weighted by atomic mass is 19.1. The van der Waals surface area contributed by atoms with Crippen molar-refractivity contribution >= 4 is 5.91 Å². The first-order chi connectivity index (χ1) is 8.45. The Labute approximate surface area is 103 Å². The molecular weight excluding hydrogens is 241 g/mol. The number of nitrogens with one attached hydrogen (secondary N) is 1. The van der Waals surface area contributed by atoms with Crippen molar-refractivity contribution in [3.05, 3.63) is 41.7 Å². The van der Waals surface area contributed by atoms with Crippen LogP contribution in [0, 0.1) is 11.7 Å². The Balaban J connectivity index is 2.79. The average molecular weight is 255 g/mol. The molecule has 2 atom stereocenters. The third kappa shape index (κ3) is 3.54. The first-order valence-electron chi connectivity index (χ1n) is 5.24. The fourth-order valence-corrected chi connectivity index (χ4v) is 1.39. The van der Waals surface area contributed by atoms with Crippen molar-refractivity contribution in [3.8, 4) is 5.75 Å². The predicted octanol–water partition coefficient (Wildman–Crippen LogP) is 1.26. The van der Waals surface area contributed by atoms with E-state index < -0.39 is 29.5 Å². The van der Waals surface area contributed by atoms with Crippen LogP contribution in [0.4, 0.5) is 4.39 Å². The lowest BCUT2D eigenvalue weighted by Crippen LogP contribution is -2.16. The standard InChI is InChI=1S/C12H14FNO4/c1-7(2-5-11(16)14-18)12(17)8-3-4-10(15)9(13)6-8/h2-7,12,15,17-18H,1H3,(H,14,16)/b5-2+/t7-,12-/m1/s1. The Bertz CT molecular complexity index is 461.